The number of benzene rings is 2. The van der Waals surface area contributed by atoms with Crippen LogP contribution >= 0.6 is 0 Å². The van der Waals surface area contributed by atoms with Crippen molar-refractivity contribution in [2.45, 2.75) is 39.4 Å². The van der Waals surface area contributed by atoms with Gasteiger partial charge in [0, 0.05) is 5.92 Å². The van der Waals surface area contributed by atoms with E-state index in [-0.39, 0.29) is 18.5 Å². The van der Waals surface area contributed by atoms with Gasteiger partial charge in [-0.05, 0) is 42.7 Å². The van der Waals surface area contributed by atoms with Crippen molar-refractivity contribution < 1.29 is 19.4 Å². The van der Waals surface area contributed by atoms with Crippen LogP contribution in [-0.2, 0) is 22.7 Å². The third kappa shape index (κ3) is 6.05. The highest BCUT2D eigenvalue weighted by molar-refractivity contribution is 5.71. The van der Waals surface area contributed by atoms with E-state index in [2.05, 4.69) is 0 Å². The molecule has 2 rings (SSSR count). The molecule has 26 heavy (non-hydrogen) atoms. The summed E-state index contributed by atoms with van der Waals surface area (Å²) in [5.74, 6) is 0.580. The minimum Gasteiger partial charge on any atom is -0.489 e. The minimum atomic E-state index is -0.192. The van der Waals surface area contributed by atoms with Crippen LogP contribution in [0, 0.1) is 0 Å². The molecule has 4 heteroatoms. The molecule has 2 aromatic rings. The van der Waals surface area contributed by atoms with Gasteiger partial charge in [0.2, 0.25) is 0 Å². The smallest absolute Gasteiger partial charge is 0.306 e. The number of ether oxygens (including phenoxy) is 2. The van der Waals surface area contributed by atoms with Gasteiger partial charge in [0.05, 0.1) is 19.6 Å². The first kappa shape index (κ1) is 19.7. The predicted molar refractivity (Wildman–Crippen MR) is 102 cm³/mol. The number of aliphatic hydroxyl groups is 1. The van der Waals surface area contributed by atoms with Gasteiger partial charge in [0.15, 0.2) is 0 Å². The van der Waals surface area contributed by atoms with E-state index in [0.717, 1.165) is 22.4 Å². The summed E-state index contributed by atoms with van der Waals surface area (Å²) in [6.45, 7) is 4.66. The van der Waals surface area contributed by atoms with Crippen LogP contribution in [0.1, 0.15) is 42.9 Å². The molecule has 0 spiro atoms. The Kier molecular flexibility index (Phi) is 7.90. The van der Waals surface area contributed by atoms with Gasteiger partial charge in [-0.25, -0.2) is 0 Å². The molecular formula is C22H26O4. The predicted octanol–water partition coefficient (Wildman–Crippen LogP) is 4.37. The van der Waals surface area contributed by atoms with Crippen LogP contribution in [0.2, 0.25) is 0 Å². The molecular weight excluding hydrogens is 328 g/mol. The summed E-state index contributed by atoms with van der Waals surface area (Å²) in [6, 6.07) is 15.5. The summed E-state index contributed by atoms with van der Waals surface area (Å²) < 4.78 is 10.9. The average molecular weight is 354 g/mol. The Balaban J connectivity index is 1.97. The van der Waals surface area contributed by atoms with E-state index in [0.29, 0.717) is 19.6 Å². The first-order chi connectivity index (χ1) is 12.7. The minimum absolute atomic E-state index is 0.000809. The fourth-order valence-corrected chi connectivity index (χ4v) is 2.65. The second kappa shape index (κ2) is 10.4. The lowest BCUT2D eigenvalue weighted by Gasteiger charge is -2.14. The van der Waals surface area contributed by atoms with Gasteiger partial charge in [-0.15, -0.1) is 0 Å². The Labute approximate surface area is 155 Å². The van der Waals surface area contributed by atoms with Gasteiger partial charge in [0.25, 0.3) is 0 Å². The van der Waals surface area contributed by atoms with E-state index in [4.69, 9.17) is 14.6 Å². The Morgan fingerprint density at radius 2 is 1.73 bits per heavy atom. The Hall–Kier alpha value is -2.59. The summed E-state index contributed by atoms with van der Waals surface area (Å²) >= 11 is 0. The summed E-state index contributed by atoms with van der Waals surface area (Å²) in [5, 5.41) is 9.06. The number of esters is 1. The first-order valence-corrected chi connectivity index (χ1v) is 8.86. The number of hydrogen-bond donors (Lipinski definition) is 1. The first-order valence-electron chi connectivity index (χ1n) is 8.86. The lowest BCUT2D eigenvalue weighted by molar-refractivity contribution is -0.143. The fourth-order valence-electron chi connectivity index (χ4n) is 2.65. The molecule has 0 fully saturated rings. The van der Waals surface area contributed by atoms with Crippen molar-refractivity contribution in [1.82, 2.24) is 0 Å². The lowest BCUT2D eigenvalue weighted by Crippen LogP contribution is -2.09. The van der Waals surface area contributed by atoms with Crippen molar-refractivity contribution in [3.05, 3.63) is 77.4 Å². The van der Waals surface area contributed by atoms with Crippen molar-refractivity contribution in [1.29, 1.82) is 0 Å². The van der Waals surface area contributed by atoms with Crippen LogP contribution in [0.4, 0.5) is 0 Å². The normalized spacial score (nSPS) is 12.1. The molecule has 0 aliphatic rings. The van der Waals surface area contributed by atoms with Crippen LogP contribution in [0.5, 0.6) is 5.75 Å². The van der Waals surface area contributed by atoms with Crippen LogP contribution in [0.15, 0.2) is 60.7 Å². The second-order valence-electron chi connectivity index (χ2n) is 5.97. The van der Waals surface area contributed by atoms with Crippen molar-refractivity contribution in [2.24, 2.45) is 0 Å². The van der Waals surface area contributed by atoms with Crippen LogP contribution in [0.3, 0.4) is 0 Å². The molecule has 0 aromatic heterocycles. The van der Waals surface area contributed by atoms with Crippen molar-refractivity contribution >= 4 is 5.97 Å². The van der Waals surface area contributed by atoms with Crippen LogP contribution in [0.25, 0.3) is 0 Å². The van der Waals surface area contributed by atoms with Crippen molar-refractivity contribution in [3.8, 4) is 5.75 Å². The standard InChI is InChI=1S/C22H26O4/c1-3-5-20(14-22(24)25-4-2)19-10-12-21(13-11-19)26-16-18-8-6-17(15-23)7-9-18/h3,5-13,20,23H,4,14-16H2,1-2H3/t20-/m1/s1. The highest BCUT2D eigenvalue weighted by Gasteiger charge is 2.14. The second-order valence-corrected chi connectivity index (χ2v) is 5.97. The molecule has 0 aliphatic carbocycles. The monoisotopic (exact) mass is 354 g/mol. The van der Waals surface area contributed by atoms with E-state index in [9.17, 15) is 4.79 Å². The van der Waals surface area contributed by atoms with E-state index < -0.39 is 0 Å². The molecule has 1 atom stereocenters. The molecule has 1 N–H and O–H groups in total. The fraction of sp³-hybridized carbons (Fsp3) is 0.318. The topological polar surface area (TPSA) is 55.8 Å². The molecule has 0 bridgehead atoms. The third-order valence-electron chi connectivity index (χ3n) is 4.04. The maximum atomic E-state index is 11.8. The molecule has 0 radical (unpaired) electrons. The number of aliphatic hydroxyl groups excluding tert-OH is 1. The zero-order valence-electron chi connectivity index (χ0n) is 15.4. The van der Waals surface area contributed by atoms with E-state index >= 15 is 0 Å². The Morgan fingerprint density at radius 1 is 1.08 bits per heavy atom. The van der Waals surface area contributed by atoms with Crippen LogP contribution < -0.4 is 4.74 Å². The summed E-state index contributed by atoms with van der Waals surface area (Å²) in [5.41, 5.74) is 2.98. The molecule has 2 aromatic carbocycles. The van der Waals surface area contributed by atoms with Crippen LogP contribution in [-0.4, -0.2) is 17.7 Å². The van der Waals surface area contributed by atoms with Gasteiger partial charge < -0.3 is 14.6 Å². The Bertz CT molecular complexity index is 702. The van der Waals surface area contributed by atoms with Gasteiger partial charge >= 0.3 is 5.97 Å². The quantitative estimate of drug-likeness (QED) is 0.537. The highest BCUT2D eigenvalue weighted by Crippen LogP contribution is 2.25. The number of carbonyl (C=O) groups excluding carboxylic acids is 1. The average Bonchev–Trinajstić information content (AvgIpc) is 2.67. The SMILES string of the molecule is CC=C[C@H](CC(=O)OCC)c1ccc(OCc2ccc(CO)cc2)cc1. The van der Waals surface area contributed by atoms with Crippen molar-refractivity contribution in [2.75, 3.05) is 6.61 Å². The molecule has 0 aliphatic heterocycles. The zero-order valence-corrected chi connectivity index (χ0v) is 15.4. The van der Waals surface area contributed by atoms with E-state index in [1.54, 1.807) is 0 Å². The largest absolute Gasteiger partial charge is 0.489 e. The third-order valence-corrected chi connectivity index (χ3v) is 4.04. The maximum absolute atomic E-state index is 11.8. The number of carbonyl (C=O) groups is 1. The molecule has 0 amide bonds. The maximum Gasteiger partial charge on any atom is 0.306 e. The molecule has 4 nitrogen and oxygen atoms in total. The number of rotatable bonds is 9. The molecule has 138 valence electrons. The Morgan fingerprint density at radius 3 is 2.31 bits per heavy atom. The molecule has 0 saturated heterocycles. The summed E-state index contributed by atoms with van der Waals surface area (Å²) in [4.78, 5) is 11.8. The summed E-state index contributed by atoms with van der Waals surface area (Å²) in [6.07, 6.45) is 4.29. The summed E-state index contributed by atoms with van der Waals surface area (Å²) in [7, 11) is 0. The van der Waals surface area contributed by atoms with E-state index in [1.165, 1.54) is 0 Å². The van der Waals surface area contributed by atoms with Gasteiger partial charge in [-0.3, -0.25) is 4.79 Å². The molecule has 0 unspecified atom stereocenters. The number of hydrogen-bond acceptors (Lipinski definition) is 4. The lowest BCUT2D eigenvalue weighted by atomic mass is 9.95. The number of allylic oxidation sites excluding steroid dienone is 2. The van der Waals surface area contributed by atoms with Gasteiger partial charge in [0.1, 0.15) is 12.4 Å². The zero-order chi connectivity index (χ0) is 18.8. The van der Waals surface area contributed by atoms with E-state index in [1.807, 2.05) is 74.5 Å². The van der Waals surface area contributed by atoms with Crippen molar-refractivity contribution in [3.63, 3.8) is 0 Å². The molecule has 0 heterocycles. The van der Waals surface area contributed by atoms with Gasteiger partial charge in [-0.1, -0.05) is 48.6 Å². The molecule has 0 saturated carbocycles. The highest BCUT2D eigenvalue weighted by atomic mass is 16.5. The van der Waals surface area contributed by atoms with Gasteiger partial charge in [-0.2, -0.15) is 0 Å².